The van der Waals surface area contributed by atoms with Gasteiger partial charge in [0.2, 0.25) is 0 Å². The topological polar surface area (TPSA) is 77.4 Å². The third kappa shape index (κ3) is 5.07. The number of nitrogens with one attached hydrogen (secondary N) is 1. The van der Waals surface area contributed by atoms with Crippen LogP contribution < -0.4 is 10.9 Å². The summed E-state index contributed by atoms with van der Waals surface area (Å²) in [6.07, 6.45) is 0.511. The molecule has 0 spiro atoms. The van der Waals surface area contributed by atoms with E-state index in [9.17, 15) is 14.4 Å². The fourth-order valence-electron chi connectivity index (χ4n) is 1.83. The molecule has 2 aromatic rings. The predicted molar refractivity (Wildman–Crippen MR) is 89.0 cm³/mol. The summed E-state index contributed by atoms with van der Waals surface area (Å²) in [5.74, 6) is -1.10. The van der Waals surface area contributed by atoms with E-state index in [1.165, 1.54) is 23.8 Å². The number of esters is 1. The summed E-state index contributed by atoms with van der Waals surface area (Å²) >= 11 is 3.30. The second-order valence-electron chi connectivity index (χ2n) is 4.80. The molecule has 0 aliphatic rings. The number of carbonyl (C=O) groups is 2. The molecule has 1 aromatic carbocycles. The van der Waals surface area contributed by atoms with Crippen LogP contribution >= 0.6 is 15.9 Å². The molecule has 1 atom stereocenters. The van der Waals surface area contributed by atoms with Crippen molar-refractivity contribution < 1.29 is 14.3 Å². The number of rotatable bonds is 5. The van der Waals surface area contributed by atoms with Crippen molar-refractivity contribution in [3.05, 3.63) is 63.5 Å². The third-order valence-electron chi connectivity index (χ3n) is 2.97. The molecule has 120 valence electrons. The standard InChI is InChI=1S/C16H15BrN2O4/c1-11(16(22)18-13-6-4-5-12(17)9-13)23-15(21)10-19-8-3-2-7-14(19)20/h2-9,11H,10H2,1H3,(H,18,22)/t11-/m0/s1. The molecular formula is C16H15BrN2O4. The molecule has 0 saturated carbocycles. The Labute approximate surface area is 141 Å². The molecule has 7 heteroatoms. The maximum absolute atomic E-state index is 12.0. The number of nitrogens with zero attached hydrogens (tertiary/aromatic N) is 1. The lowest BCUT2D eigenvalue weighted by atomic mass is 10.3. The van der Waals surface area contributed by atoms with E-state index >= 15 is 0 Å². The van der Waals surface area contributed by atoms with Gasteiger partial charge in [0.25, 0.3) is 11.5 Å². The highest BCUT2D eigenvalue weighted by atomic mass is 79.9. The van der Waals surface area contributed by atoms with Crippen LogP contribution in [0.5, 0.6) is 0 Å². The van der Waals surface area contributed by atoms with Gasteiger partial charge in [0.1, 0.15) is 6.54 Å². The van der Waals surface area contributed by atoms with E-state index in [4.69, 9.17) is 4.74 Å². The van der Waals surface area contributed by atoms with Crippen LogP contribution in [0.25, 0.3) is 0 Å². The van der Waals surface area contributed by atoms with Crippen LogP contribution in [0, 0.1) is 0 Å². The van der Waals surface area contributed by atoms with Gasteiger partial charge in [-0.2, -0.15) is 0 Å². The van der Waals surface area contributed by atoms with Crippen molar-refractivity contribution in [2.45, 2.75) is 19.6 Å². The van der Waals surface area contributed by atoms with E-state index in [0.717, 1.165) is 4.47 Å². The molecule has 0 aliphatic heterocycles. The summed E-state index contributed by atoms with van der Waals surface area (Å²) in [6.45, 7) is 1.23. The molecule has 6 nitrogen and oxygen atoms in total. The number of halogens is 1. The Morgan fingerprint density at radius 3 is 2.74 bits per heavy atom. The molecule has 1 heterocycles. The quantitative estimate of drug-likeness (QED) is 0.808. The molecule has 2 rings (SSSR count). The number of ether oxygens (including phenoxy) is 1. The molecule has 0 aliphatic carbocycles. The van der Waals surface area contributed by atoms with Crippen LogP contribution in [-0.2, 0) is 20.9 Å². The lowest BCUT2D eigenvalue weighted by Crippen LogP contribution is -2.32. The smallest absolute Gasteiger partial charge is 0.326 e. The van der Waals surface area contributed by atoms with Gasteiger partial charge in [-0.3, -0.25) is 14.4 Å². The monoisotopic (exact) mass is 378 g/mol. The molecule has 23 heavy (non-hydrogen) atoms. The zero-order chi connectivity index (χ0) is 16.8. The largest absolute Gasteiger partial charge is 0.451 e. The SMILES string of the molecule is C[C@H](OC(=O)Cn1ccccc1=O)C(=O)Nc1cccc(Br)c1. The van der Waals surface area contributed by atoms with Gasteiger partial charge in [0.05, 0.1) is 0 Å². The normalized spacial score (nSPS) is 11.6. The number of pyridine rings is 1. The minimum absolute atomic E-state index is 0.242. The highest BCUT2D eigenvalue weighted by Crippen LogP contribution is 2.16. The van der Waals surface area contributed by atoms with Gasteiger partial charge < -0.3 is 14.6 Å². The van der Waals surface area contributed by atoms with Gasteiger partial charge in [-0.1, -0.05) is 28.1 Å². The molecular weight excluding hydrogens is 364 g/mol. The van der Waals surface area contributed by atoms with E-state index in [2.05, 4.69) is 21.2 Å². The first-order chi connectivity index (χ1) is 11.0. The van der Waals surface area contributed by atoms with Crippen LogP contribution in [0.1, 0.15) is 6.92 Å². The van der Waals surface area contributed by atoms with Crippen molar-refractivity contribution >= 4 is 33.5 Å². The van der Waals surface area contributed by atoms with Gasteiger partial charge >= 0.3 is 5.97 Å². The number of benzene rings is 1. The van der Waals surface area contributed by atoms with E-state index in [-0.39, 0.29) is 12.1 Å². The molecule has 1 aromatic heterocycles. The van der Waals surface area contributed by atoms with E-state index < -0.39 is 18.0 Å². The number of hydrogen-bond acceptors (Lipinski definition) is 4. The highest BCUT2D eigenvalue weighted by Gasteiger charge is 2.18. The summed E-state index contributed by atoms with van der Waals surface area (Å²) < 4.78 is 7.08. The highest BCUT2D eigenvalue weighted by molar-refractivity contribution is 9.10. The van der Waals surface area contributed by atoms with Crippen LogP contribution in [0.3, 0.4) is 0 Å². The number of amides is 1. The Morgan fingerprint density at radius 2 is 2.04 bits per heavy atom. The Morgan fingerprint density at radius 1 is 1.26 bits per heavy atom. The second kappa shape index (κ2) is 7.73. The molecule has 1 amide bonds. The Bertz CT molecular complexity index is 772. The van der Waals surface area contributed by atoms with Crippen LogP contribution in [-0.4, -0.2) is 22.5 Å². The van der Waals surface area contributed by atoms with Gasteiger partial charge in [0.15, 0.2) is 6.10 Å². The van der Waals surface area contributed by atoms with Gasteiger partial charge in [-0.25, -0.2) is 0 Å². The van der Waals surface area contributed by atoms with E-state index in [1.54, 1.807) is 30.3 Å². The molecule has 0 bridgehead atoms. The molecule has 0 fully saturated rings. The third-order valence-corrected chi connectivity index (χ3v) is 3.46. The Hall–Kier alpha value is -2.41. The lowest BCUT2D eigenvalue weighted by molar-refractivity contribution is -0.153. The fourth-order valence-corrected chi connectivity index (χ4v) is 2.23. The summed E-state index contributed by atoms with van der Waals surface area (Å²) in [5.41, 5.74) is 0.280. The number of anilines is 1. The van der Waals surface area contributed by atoms with Gasteiger partial charge in [-0.05, 0) is 31.2 Å². The van der Waals surface area contributed by atoms with Crippen molar-refractivity contribution in [1.29, 1.82) is 0 Å². The zero-order valence-corrected chi connectivity index (χ0v) is 13.9. The van der Waals surface area contributed by atoms with Crippen LogP contribution in [0.4, 0.5) is 5.69 Å². The molecule has 1 N–H and O–H groups in total. The molecule has 0 saturated heterocycles. The first-order valence-corrected chi connectivity index (χ1v) is 7.66. The van der Waals surface area contributed by atoms with Gasteiger partial charge in [-0.15, -0.1) is 0 Å². The maximum Gasteiger partial charge on any atom is 0.326 e. The predicted octanol–water partition coefficient (Wildman–Crippen LogP) is 2.18. The minimum atomic E-state index is -0.971. The summed E-state index contributed by atoms with van der Waals surface area (Å²) in [5, 5.41) is 2.65. The average molecular weight is 379 g/mol. The van der Waals surface area contributed by atoms with Gasteiger partial charge in [0, 0.05) is 22.4 Å². The first kappa shape index (κ1) is 17.0. The van der Waals surface area contributed by atoms with Crippen LogP contribution in [0.15, 0.2) is 57.9 Å². The van der Waals surface area contributed by atoms with Crippen molar-refractivity contribution in [1.82, 2.24) is 4.57 Å². The summed E-state index contributed by atoms with van der Waals surface area (Å²) in [7, 11) is 0. The Balaban J connectivity index is 1.91. The molecule has 0 radical (unpaired) electrons. The zero-order valence-electron chi connectivity index (χ0n) is 12.4. The summed E-state index contributed by atoms with van der Waals surface area (Å²) in [4.78, 5) is 35.3. The molecule has 0 unspecified atom stereocenters. The summed E-state index contributed by atoms with van der Waals surface area (Å²) in [6, 6.07) is 11.6. The Kier molecular flexibility index (Phi) is 5.70. The van der Waals surface area contributed by atoms with Crippen LogP contribution in [0.2, 0.25) is 0 Å². The van der Waals surface area contributed by atoms with E-state index in [0.29, 0.717) is 5.69 Å². The van der Waals surface area contributed by atoms with Crippen molar-refractivity contribution in [2.24, 2.45) is 0 Å². The van der Waals surface area contributed by atoms with Crippen molar-refractivity contribution in [3.63, 3.8) is 0 Å². The number of carbonyl (C=O) groups excluding carboxylic acids is 2. The first-order valence-electron chi connectivity index (χ1n) is 6.87. The van der Waals surface area contributed by atoms with Crippen molar-refractivity contribution in [2.75, 3.05) is 5.32 Å². The fraction of sp³-hybridized carbons (Fsp3) is 0.188. The number of hydrogen-bond donors (Lipinski definition) is 1. The van der Waals surface area contributed by atoms with E-state index in [1.807, 2.05) is 6.07 Å². The number of aromatic nitrogens is 1. The minimum Gasteiger partial charge on any atom is -0.451 e. The maximum atomic E-state index is 12.0. The average Bonchev–Trinajstić information content (AvgIpc) is 2.49. The lowest BCUT2D eigenvalue weighted by Gasteiger charge is -2.14. The second-order valence-corrected chi connectivity index (χ2v) is 5.71. The van der Waals surface area contributed by atoms with Crippen molar-refractivity contribution in [3.8, 4) is 0 Å².